The fraction of sp³-hybridized carbons (Fsp3) is 0.250. The lowest BCUT2D eigenvalue weighted by molar-refractivity contribution is -0.121. The summed E-state index contributed by atoms with van der Waals surface area (Å²) < 4.78 is 31.4. The monoisotopic (exact) mass is 383 g/mol. The van der Waals surface area contributed by atoms with Crippen LogP contribution in [0.1, 0.15) is 5.56 Å². The molecule has 0 atom stereocenters. The highest BCUT2D eigenvalue weighted by Crippen LogP contribution is 2.28. The van der Waals surface area contributed by atoms with Crippen molar-refractivity contribution in [2.75, 3.05) is 20.7 Å². The number of amides is 1. The van der Waals surface area contributed by atoms with Crippen molar-refractivity contribution >= 4 is 27.5 Å². The summed E-state index contributed by atoms with van der Waals surface area (Å²) in [7, 11) is -1.24. The number of benzene rings is 1. The minimum Gasteiger partial charge on any atom is -0.495 e. The zero-order chi connectivity index (χ0) is 18.4. The second-order valence-corrected chi connectivity index (χ2v) is 7.64. The number of rotatable bonds is 7. The van der Waals surface area contributed by atoms with Gasteiger partial charge >= 0.3 is 0 Å². The van der Waals surface area contributed by atoms with E-state index in [1.54, 1.807) is 24.5 Å². The van der Waals surface area contributed by atoms with Gasteiger partial charge in [0, 0.05) is 31.0 Å². The molecule has 0 saturated carbocycles. The lowest BCUT2D eigenvalue weighted by atomic mass is 10.3. The van der Waals surface area contributed by atoms with Crippen LogP contribution in [0.5, 0.6) is 5.75 Å². The molecule has 0 saturated heterocycles. The van der Waals surface area contributed by atoms with Gasteiger partial charge in [-0.15, -0.1) is 0 Å². The molecule has 134 valence electrons. The Morgan fingerprint density at radius 1 is 1.28 bits per heavy atom. The number of ether oxygens (including phenoxy) is 1. The summed E-state index contributed by atoms with van der Waals surface area (Å²) in [5.74, 6) is -0.266. The first-order valence-corrected chi connectivity index (χ1v) is 9.12. The van der Waals surface area contributed by atoms with Crippen molar-refractivity contribution in [3.05, 3.63) is 53.3 Å². The van der Waals surface area contributed by atoms with Gasteiger partial charge in [0.15, 0.2) is 0 Å². The third-order valence-corrected chi connectivity index (χ3v) is 5.48. The van der Waals surface area contributed by atoms with Gasteiger partial charge in [0.25, 0.3) is 0 Å². The molecule has 1 amide bonds. The van der Waals surface area contributed by atoms with E-state index >= 15 is 0 Å². The Balaban J connectivity index is 2.07. The summed E-state index contributed by atoms with van der Waals surface area (Å²) in [6.45, 7) is -0.0428. The number of carbonyl (C=O) groups excluding carboxylic acids is 1. The lowest BCUT2D eigenvalue weighted by Crippen LogP contribution is -2.38. The van der Waals surface area contributed by atoms with E-state index in [2.05, 4.69) is 10.3 Å². The fourth-order valence-corrected chi connectivity index (χ4v) is 3.61. The van der Waals surface area contributed by atoms with Gasteiger partial charge in [0.05, 0.1) is 13.7 Å². The molecule has 1 heterocycles. The number of likely N-dealkylation sites (N-methyl/N-ethyl adjacent to an activating group) is 1. The minimum atomic E-state index is -3.93. The van der Waals surface area contributed by atoms with E-state index in [9.17, 15) is 13.2 Å². The quantitative estimate of drug-likeness (QED) is 0.785. The molecule has 0 spiro atoms. The molecule has 2 rings (SSSR count). The molecule has 0 bridgehead atoms. The van der Waals surface area contributed by atoms with E-state index in [0.29, 0.717) is 0 Å². The Bertz CT molecular complexity index is 844. The smallest absolute Gasteiger partial charge is 0.247 e. The first-order chi connectivity index (χ1) is 11.8. The van der Waals surface area contributed by atoms with E-state index in [0.717, 1.165) is 9.87 Å². The number of nitrogens with one attached hydrogen (secondary N) is 1. The number of sulfonamides is 1. The third-order valence-electron chi connectivity index (χ3n) is 3.42. The van der Waals surface area contributed by atoms with Crippen LogP contribution in [0.3, 0.4) is 0 Å². The van der Waals surface area contributed by atoms with Gasteiger partial charge in [-0.1, -0.05) is 11.6 Å². The maximum atomic E-state index is 12.7. The number of hydrogen-bond donors (Lipinski definition) is 1. The normalized spacial score (nSPS) is 11.4. The van der Waals surface area contributed by atoms with Crippen molar-refractivity contribution in [3.63, 3.8) is 0 Å². The molecule has 25 heavy (non-hydrogen) atoms. The Morgan fingerprint density at radius 3 is 2.60 bits per heavy atom. The highest BCUT2D eigenvalue weighted by molar-refractivity contribution is 7.89. The number of methoxy groups -OCH3 is 1. The Morgan fingerprint density at radius 2 is 1.96 bits per heavy atom. The fourth-order valence-electron chi connectivity index (χ4n) is 2.06. The second-order valence-electron chi connectivity index (χ2n) is 5.19. The van der Waals surface area contributed by atoms with Gasteiger partial charge in [-0.2, -0.15) is 4.31 Å². The Hall–Kier alpha value is -2.16. The lowest BCUT2D eigenvalue weighted by Gasteiger charge is -2.18. The molecule has 0 radical (unpaired) electrons. The molecule has 0 unspecified atom stereocenters. The molecule has 7 nitrogen and oxygen atoms in total. The van der Waals surface area contributed by atoms with Crippen LogP contribution in [0, 0.1) is 0 Å². The van der Waals surface area contributed by atoms with Crippen molar-refractivity contribution in [1.29, 1.82) is 0 Å². The molecule has 1 aromatic heterocycles. The summed E-state index contributed by atoms with van der Waals surface area (Å²) in [6.07, 6.45) is 3.23. The predicted molar refractivity (Wildman–Crippen MR) is 93.9 cm³/mol. The largest absolute Gasteiger partial charge is 0.495 e. The van der Waals surface area contributed by atoms with Crippen molar-refractivity contribution in [3.8, 4) is 5.75 Å². The van der Waals surface area contributed by atoms with Crippen molar-refractivity contribution in [2.24, 2.45) is 0 Å². The highest BCUT2D eigenvalue weighted by Gasteiger charge is 2.26. The van der Waals surface area contributed by atoms with Crippen LogP contribution in [-0.2, 0) is 21.4 Å². The highest BCUT2D eigenvalue weighted by atomic mass is 35.5. The van der Waals surface area contributed by atoms with Crippen LogP contribution in [0.2, 0.25) is 5.02 Å². The van der Waals surface area contributed by atoms with Gasteiger partial charge in [-0.05, 0) is 35.9 Å². The van der Waals surface area contributed by atoms with E-state index < -0.39 is 15.9 Å². The molecule has 0 aliphatic rings. The molecule has 9 heteroatoms. The van der Waals surface area contributed by atoms with Crippen LogP contribution in [0.15, 0.2) is 47.6 Å². The van der Waals surface area contributed by atoms with Crippen LogP contribution >= 0.6 is 11.6 Å². The average molecular weight is 384 g/mol. The van der Waals surface area contributed by atoms with Crippen LogP contribution < -0.4 is 10.1 Å². The van der Waals surface area contributed by atoms with Crippen LogP contribution in [0.25, 0.3) is 0 Å². The first kappa shape index (κ1) is 19.2. The summed E-state index contributed by atoms with van der Waals surface area (Å²) in [5, 5.41) is 2.92. The number of carbonyl (C=O) groups is 1. The van der Waals surface area contributed by atoms with Crippen molar-refractivity contribution in [1.82, 2.24) is 14.6 Å². The summed E-state index contributed by atoms with van der Waals surface area (Å²) in [5.41, 5.74) is 0.866. The molecular formula is C16H18ClN3O4S. The van der Waals surface area contributed by atoms with Gasteiger partial charge in [0.1, 0.15) is 10.6 Å². The van der Waals surface area contributed by atoms with E-state index in [1.165, 1.54) is 32.4 Å². The first-order valence-electron chi connectivity index (χ1n) is 7.30. The minimum absolute atomic E-state index is 0.0908. The van der Waals surface area contributed by atoms with Gasteiger partial charge in [-0.25, -0.2) is 8.42 Å². The third kappa shape index (κ3) is 4.91. The summed E-state index contributed by atoms with van der Waals surface area (Å²) >= 11 is 5.88. The Kier molecular flexibility index (Phi) is 6.35. The van der Waals surface area contributed by atoms with Gasteiger partial charge < -0.3 is 10.1 Å². The van der Waals surface area contributed by atoms with Crippen LogP contribution in [-0.4, -0.2) is 44.3 Å². The van der Waals surface area contributed by atoms with E-state index in [-0.39, 0.29) is 28.8 Å². The molecule has 0 fully saturated rings. The zero-order valence-electron chi connectivity index (χ0n) is 13.8. The standard InChI is InChI=1S/C16H18ClN3O4S/c1-20(11-16(21)19-10-12-5-7-18-8-6-12)25(22,23)15-9-13(17)3-4-14(15)24-2/h3-9H,10-11H2,1-2H3,(H,19,21). The van der Waals surface area contributed by atoms with E-state index in [4.69, 9.17) is 16.3 Å². The summed E-state index contributed by atoms with van der Waals surface area (Å²) in [6, 6.07) is 7.81. The number of hydrogen-bond acceptors (Lipinski definition) is 5. The number of halogens is 1. The van der Waals surface area contributed by atoms with Crippen molar-refractivity contribution in [2.45, 2.75) is 11.4 Å². The second kappa shape index (κ2) is 8.28. The Labute approximate surface area is 151 Å². The topological polar surface area (TPSA) is 88.6 Å². The number of aromatic nitrogens is 1. The number of pyridine rings is 1. The molecule has 1 aromatic carbocycles. The molecule has 2 aromatic rings. The maximum Gasteiger partial charge on any atom is 0.247 e. The number of nitrogens with zero attached hydrogens (tertiary/aromatic N) is 2. The molecule has 0 aliphatic heterocycles. The van der Waals surface area contributed by atoms with Gasteiger partial charge in [0.2, 0.25) is 15.9 Å². The predicted octanol–water partition coefficient (Wildman–Crippen LogP) is 1.68. The SMILES string of the molecule is COc1ccc(Cl)cc1S(=O)(=O)N(C)CC(=O)NCc1ccncc1. The van der Waals surface area contributed by atoms with Crippen molar-refractivity contribution < 1.29 is 17.9 Å². The van der Waals surface area contributed by atoms with E-state index in [1.807, 2.05) is 0 Å². The maximum absolute atomic E-state index is 12.7. The average Bonchev–Trinajstić information content (AvgIpc) is 2.60. The molecule has 0 aliphatic carbocycles. The molecule has 1 N–H and O–H groups in total. The van der Waals surface area contributed by atoms with Crippen LogP contribution in [0.4, 0.5) is 0 Å². The molecular weight excluding hydrogens is 366 g/mol. The summed E-state index contributed by atoms with van der Waals surface area (Å²) in [4.78, 5) is 15.8. The van der Waals surface area contributed by atoms with Gasteiger partial charge in [-0.3, -0.25) is 9.78 Å². The zero-order valence-corrected chi connectivity index (χ0v) is 15.3.